The molecule has 194 valence electrons. The molecule has 1 fully saturated rings. The van der Waals surface area contributed by atoms with E-state index < -0.39 is 71.2 Å². The number of carbonyl (C=O) groups excluding carboxylic acids is 2. The molecule has 0 aliphatic carbocycles. The third kappa shape index (κ3) is 11.6. The highest BCUT2D eigenvalue weighted by Crippen LogP contribution is 2.23. The van der Waals surface area contributed by atoms with E-state index in [0.717, 1.165) is 19.3 Å². The molecule has 0 amide bonds. The Balaban J connectivity index is 2.74. The largest absolute Gasteiger partial charge is 0.462 e. The Morgan fingerprint density at radius 1 is 0.909 bits per heavy atom. The van der Waals surface area contributed by atoms with Crippen molar-refractivity contribution in [3.63, 3.8) is 0 Å². The van der Waals surface area contributed by atoms with Crippen molar-refractivity contribution in [2.24, 2.45) is 0 Å². The minimum absolute atomic E-state index is 0.156. The Morgan fingerprint density at radius 2 is 1.61 bits per heavy atom. The van der Waals surface area contributed by atoms with E-state index in [-0.39, 0.29) is 19.4 Å². The van der Waals surface area contributed by atoms with Crippen molar-refractivity contribution in [2.75, 3.05) is 19.0 Å². The summed E-state index contributed by atoms with van der Waals surface area (Å²) in [5.74, 6) is -2.07. The van der Waals surface area contributed by atoms with Crippen molar-refractivity contribution in [3.05, 3.63) is 0 Å². The van der Waals surface area contributed by atoms with E-state index in [1.165, 1.54) is 0 Å². The van der Waals surface area contributed by atoms with Crippen LogP contribution in [-0.2, 0) is 38.7 Å². The van der Waals surface area contributed by atoms with Crippen LogP contribution in [0.3, 0.4) is 0 Å². The number of hydrogen-bond donors (Lipinski definition) is 4. The van der Waals surface area contributed by atoms with Gasteiger partial charge >= 0.3 is 11.9 Å². The summed E-state index contributed by atoms with van der Waals surface area (Å²) in [6, 6.07) is 0. The zero-order valence-electron chi connectivity index (χ0n) is 19.0. The van der Waals surface area contributed by atoms with Gasteiger partial charge in [-0.25, -0.2) is 0 Å². The number of aliphatic hydroxyl groups is 3. The van der Waals surface area contributed by atoms with Crippen molar-refractivity contribution in [1.82, 2.24) is 0 Å². The summed E-state index contributed by atoms with van der Waals surface area (Å²) < 4.78 is 52.2. The number of aliphatic hydroxyl groups excluding tert-OH is 3. The third-order valence-electron chi connectivity index (χ3n) is 4.91. The predicted octanol–water partition coefficient (Wildman–Crippen LogP) is -0.0761. The molecule has 0 radical (unpaired) electrons. The first kappa shape index (κ1) is 29.7. The smallest absolute Gasteiger partial charge is 0.306 e. The summed E-state index contributed by atoms with van der Waals surface area (Å²) in [7, 11) is -4.57. The molecule has 1 saturated heterocycles. The first-order valence-electron chi connectivity index (χ1n) is 11.1. The van der Waals surface area contributed by atoms with Crippen LogP contribution in [0.2, 0.25) is 0 Å². The summed E-state index contributed by atoms with van der Waals surface area (Å²) in [6.45, 7) is 3.10. The average Bonchev–Trinajstić information content (AvgIpc) is 2.73. The third-order valence-corrected chi connectivity index (χ3v) is 5.66. The molecule has 0 aromatic rings. The Kier molecular flexibility index (Phi) is 13.3. The van der Waals surface area contributed by atoms with Crippen LogP contribution in [0.15, 0.2) is 0 Å². The van der Waals surface area contributed by atoms with Gasteiger partial charge in [0, 0.05) is 12.8 Å². The molecule has 0 bridgehead atoms. The Morgan fingerprint density at radius 3 is 2.21 bits per heavy atom. The van der Waals surface area contributed by atoms with Gasteiger partial charge in [-0.05, 0) is 12.8 Å². The molecule has 0 unspecified atom stereocenters. The normalized spacial score (nSPS) is 26.5. The molecule has 0 saturated carbocycles. The summed E-state index contributed by atoms with van der Waals surface area (Å²) in [5, 5.41) is 30.0. The topological polar surface area (TPSA) is 186 Å². The maximum atomic E-state index is 12.1. The lowest BCUT2D eigenvalue weighted by molar-refractivity contribution is -0.297. The van der Waals surface area contributed by atoms with Crippen molar-refractivity contribution in [2.45, 2.75) is 95.6 Å². The molecule has 0 aromatic heterocycles. The molecule has 0 spiro atoms. The summed E-state index contributed by atoms with van der Waals surface area (Å²) >= 11 is 0. The number of rotatable bonds is 15. The quantitative estimate of drug-likeness (QED) is 0.133. The van der Waals surface area contributed by atoms with Gasteiger partial charge in [-0.2, -0.15) is 8.42 Å². The molecule has 12 nitrogen and oxygen atoms in total. The number of hydrogen-bond acceptors (Lipinski definition) is 11. The van der Waals surface area contributed by atoms with Gasteiger partial charge in [0.15, 0.2) is 12.4 Å². The highest BCUT2D eigenvalue weighted by molar-refractivity contribution is 7.85. The van der Waals surface area contributed by atoms with Gasteiger partial charge in [-0.15, -0.1) is 0 Å². The van der Waals surface area contributed by atoms with E-state index in [1.807, 2.05) is 6.92 Å². The maximum absolute atomic E-state index is 12.1. The number of carbonyl (C=O) groups is 2. The van der Waals surface area contributed by atoms with Crippen LogP contribution in [0.25, 0.3) is 0 Å². The fraction of sp³-hybridized carbons (Fsp3) is 0.900. The van der Waals surface area contributed by atoms with Gasteiger partial charge < -0.3 is 34.3 Å². The van der Waals surface area contributed by atoms with Crippen LogP contribution in [-0.4, -0.2) is 96.0 Å². The number of unbranched alkanes of at least 4 members (excludes halogenated alkanes) is 3. The highest BCUT2D eigenvalue weighted by Gasteiger charge is 2.45. The monoisotopic (exact) mass is 500 g/mol. The number of ether oxygens (including phenoxy) is 4. The van der Waals surface area contributed by atoms with E-state index in [4.69, 9.17) is 23.5 Å². The lowest BCUT2D eigenvalue weighted by Gasteiger charge is -2.40. The van der Waals surface area contributed by atoms with E-state index in [0.29, 0.717) is 12.8 Å². The zero-order chi connectivity index (χ0) is 25.0. The van der Waals surface area contributed by atoms with Crippen LogP contribution < -0.4 is 0 Å². The molecular weight excluding hydrogens is 464 g/mol. The predicted molar refractivity (Wildman–Crippen MR) is 114 cm³/mol. The highest BCUT2D eigenvalue weighted by atomic mass is 32.2. The van der Waals surface area contributed by atoms with Gasteiger partial charge in [-0.3, -0.25) is 14.1 Å². The maximum Gasteiger partial charge on any atom is 0.306 e. The summed E-state index contributed by atoms with van der Waals surface area (Å²) in [5.41, 5.74) is 0. The Hall–Kier alpha value is -1.35. The molecule has 1 rings (SSSR count). The average molecular weight is 501 g/mol. The second-order valence-electron chi connectivity index (χ2n) is 7.95. The number of esters is 2. The van der Waals surface area contributed by atoms with Crippen LogP contribution in [0.5, 0.6) is 0 Å². The molecule has 6 atom stereocenters. The first-order valence-corrected chi connectivity index (χ1v) is 12.7. The van der Waals surface area contributed by atoms with E-state index in [2.05, 4.69) is 0 Å². The first-order chi connectivity index (χ1) is 15.5. The summed E-state index contributed by atoms with van der Waals surface area (Å²) in [6.07, 6.45) is -5.26. The fourth-order valence-electron chi connectivity index (χ4n) is 3.12. The minimum atomic E-state index is -4.57. The SMILES string of the molecule is CCCCCCC(=O)O[C@H](COC(=O)CCC)CO[C@@H]1O[C@H](CS(=O)(=O)O)[C@@H](O)[C@H](O)[C@H]1O. The zero-order valence-corrected chi connectivity index (χ0v) is 19.8. The van der Waals surface area contributed by atoms with Crippen molar-refractivity contribution < 1.29 is 56.8 Å². The van der Waals surface area contributed by atoms with Gasteiger partial charge in [0.2, 0.25) is 0 Å². The second-order valence-corrected chi connectivity index (χ2v) is 9.45. The molecule has 1 aliphatic rings. The molecule has 33 heavy (non-hydrogen) atoms. The molecule has 1 aliphatic heterocycles. The lowest BCUT2D eigenvalue weighted by Crippen LogP contribution is -2.60. The molecule has 1 heterocycles. The molecular formula is C20H36O12S. The van der Waals surface area contributed by atoms with Gasteiger partial charge in [0.1, 0.15) is 36.8 Å². The van der Waals surface area contributed by atoms with Crippen LogP contribution >= 0.6 is 0 Å². The molecule has 4 N–H and O–H groups in total. The van der Waals surface area contributed by atoms with Crippen LogP contribution in [0.4, 0.5) is 0 Å². The van der Waals surface area contributed by atoms with Crippen molar-refractivity contribution in [3.8, 4) is 0 Å². The Bertz CT molecular complexity index is 697. The van der Waals surface area contributed by atoms with Gasteiger partial charge in [0.25, 0.3) is 10.1 Å². The van der Waals surface area contributed by atoms with Gasteiger partial charge in [0.05, 0.1) is 6.61 Å². The van der Waals surface area contributed by atoms with E-state index >= 15 is 0 Å². The molecule has 0 aromatic carbocycles. The van der Waals surface area contributed by atoms with Crippen molar-refractivity contribution >= 4 is 22.1 Å². The minimum Gasteiger partial charge on any atom is -0.462 e. The van der Waals surface area contributed by atoms with Crippen LogP contribution in [0.1, 0.15) is 58.8 Å². The lowest BCUT2D eigenvalue weighted by atomic mass is 10.00. The van der Waals surface area contributed by atoms with Crippen molar-refractivity contribution in [1.29, 1.82) is 0 Å². The molecule has 13 heteroatoms. The Labute approximate surface area is 193 Å². The van der Waals surface area contributed by atoms with Gasteiger partial charge in [-0.1, -0.05) is 33.1 Å². The van der Waals surface area contributed by atoms with E-state index in [1.54, 1.807) is 6.92 Å². The fourth-order valence-corrected chi connectivity index (χ4v) is 3.81. The summed E-state index contributed by atoms with van der Waals surface area (Å²) in [4.78, 5) is 23.8. The second kappa shape index (κ2) is 14.8. The van der Waals surface area contributed by atoms with Crippen LogP contribution in [0, 0.1) is 0 Å². The van der Waals surface area contributed by atoms with E-state index in [9.17, 15) is 33.3 Å². The standard InChI is InChI=1S/C20H36O12S/c1-3-5-6-7-9-16(22)31-13(10-29-15(21)8-4-2)11-30-20-19(25)18(24)17(23)14(32-20)12-33(26,27)28/h13-14,17-20,23-25H,3-12H2,1-2H3,(H,26,27,28)/t13-,14-,17-,18+,19-,20-/m1/s1.